The minimum Gasteiger partial charge on any atom is -0.480 e. The summed E-state index contributed by atoms with van der Waals surface area (Å²) >= 11 is 0. The first-order valence-electron chi connectivity index (χ1n) is 4.34. The molecule has 0 saturated heterocycles. The summed E-state index contributed by atoms with van der Waals surface area (Å²) in [5, 5.41) is 20.1. The van der Waals surface area contributed by atoms with E-state index in [2.05, 4.69) is 5.32 Å². The monoisotopic (exact) mass is 204 g/mol. The highest BCUT2D eigenvalue weighted by Crippen LogP contribution is 1.99. The molecule has 82 valence electrons. The van der Waals surface area contributed by atoms with E-state index in [1.807, 2.05) is 0 Å². The van der Waals surface area contributed by atoms with Gasteiger partial charge < -0.3 is 21.3 Å². The predicted molar refractivity (Wildman–Crippen MR) is 49.5 cm³/mol. The Balaban J connectivity index is 3.58. The zero-order valence-electron chi connectivity index (χ0n) is 8.06. The van der Waals surface area contributed by atoms with Crippen LogP contribution in [0.1, 0.15) is 19.8 Å². The normalized spacial score (nSPS) is 14.5. The molecule has 1 amide bonds. The fourth-order valence-electron chi connectivity index (χ4n) is 0.859. The Morgan fingerprint density at radius 3 is 2.43 bits per heavy atom. The largest absolute Gasteiger partial charge is 0.480 e. The molecule has 0 heterocycles. The summed E-state index contributed by atoms with van der Waals surface area (Å²) in [5.41, 5.74) is 5.22. The Morgan fingerprint density at radius 1 is 1.43 bits per heavy atom. The number of aliphatic hydroxyl groups excluding tert-OH is 1. The Hall–Kier alpha value is -1.14. The Morgan fingerprint density at radius 2 is 2.00 bits per heavy atom. The van der Waals surface area contributed by atoms with Crippen LogP contribution in [0.5, 0.6) is 0 Å². The summed E-state index contributed by atoms with van der Waals surface area (Å²) in [6.07, 6.45) is -0.298. The van der Waals surface area contributed by atoms with Crippen molar-refractivity contribution < 1.29 is 19.8 Å². The fraction of sp³-hybridized carbons (Fsp3) is 0.750. The number of nitrogens with two attached hydrogens (primary N) is 1. The highest BCUT2D eigenvalue weighted by Gasteiger charge is 2.13. The molecule has 0 aliphatic carbocycles. The molecular weight excluding hydrogens is 188 g/mol. The number of nitrogens with one attached hydrogen (secondary N) is 1. The number of hydrogen-bond acceptors (Lipinski definition) is 4. The molecule has 6 nitrogen and oxygen atoms in total. The van der Waals surface area contributed by atoms with Gasteiger partial charge in [-0.2, -0.15) is 0 Å². The molecule has 0 aromatic rings. The van der Waals surface area contributed by atoms with Crippen molar-refractivity contribution in [3.8, 4) is 0 Å². The lowest BCUT2D eigenvalue weighted by molar-refractivity contribution is -0.138. The van der Waals surface area contributed by atoms with Gasteiger partial charge in [-0.05, 0) is 12.8 Å². The third-order valence-electron chi connectivity index (χ3n) is 1.71. The van der Waals surface area contributed by atoms with Crippen LogP contribution >= 0.6 is 0 Å². The van der Waals surface area contributed by atoms with Crippen molar-refractivity contribution in [1.29, 1.82) is 0 Å². The van der Waals surface area contributed by atoms with Gasteiger partial charge >= 0.3 is 5.97 Å². The van der Waals surface area contributed by atoms with E-state index in [9.17, 15) is 14.7 Å². The highest BCUT2D eigenvalue weighted by atomic mass is 16.4. The molecule has 2 atom stereocenters. The van der Waals surface area contributed by atoms with Crippen molar-refractivity contribution in [1.82, 2.24) is 5.32 Å². The predicted octanol–water partition coefficient (Wildman–Crippen LogP) is -1.32. The lowest BCUT2D eigenvalue weighted by Crippen LogP contribution is -2.34. The van der Waals surface area contributed by atoms with Crippen molar-refractivity contribution in [2.24, 2.45) is 5.73 Å². The van der Waals surface area contributed by atoms with Crippen LogP contribution in [0.3, 0.4) is 0 Å². The molecule has 0 fully saturated rings. The third-order valence-corrected chi connectivity index (χ3v) is 1.71. The zero-order chi connectivity index (χ0) is 11.1. The second kappa shape index (κ2) is 6.33. The van der Waals surface area contributed by atoms with Gasteiger partial charge in [0.2, 0.25) is 5.91 Å². The van der Waals surface area contributed by atoms with Gasteiger partial charge in [0, 0.05) is 13.5 Å². The van der Waals surface area contributed by atoms with Crippen molar-refractivity contribution in [2.75, 3.05) is 6.54 Å². The van der Waals surface area contributed by atoms with Gasteiger partial charge in [-0.1, -0.05) is 0 Å². The molecule has 0 aliphatic heterocycles. The maximum Gasteiger partial charge on any atom is 0.320 e. The number of hydrogen-bond donors (Lipinski definition) is 4. The first-order chi connectivity index (χ1) is 6.43. The number of carbonyl (C=O) groups is 2. The van der Waals surface area contributed by atoms with Gasteiger partial charge in [-0.15, -0.1) is 0 Å². The van der Waals surface area contributed by atoms with E-state index in [0.717, 1.165) is 0 Å². The van der Waals surface area contributed by atoms with Crippen molar-refractivity contribution in [2.45, 2.75) is 31.9 Å². The third kappa shape index (κ3) is 6.38. The van der Waals surface area contributed by atoms with Gasteiger partial charge in [0.25, 0.3) is 0 Å². The first-order valence-corrected chi connectivity index (χ1v) is 4.34. The quantitative estimate of drug-likeness (QED) is 0.428. The van der Waals surface area contributed by atoms with Gasteiger partial charge in [0.15, 0.2) is 0 Å². The standard InChI is InChI=1S/C8H16N2O4/c1-5(11)10-4-6(12)2-3-7(9)8(13)14/h6-7,12H,2-4,9H2,1H3,(H,10,11)(H,13,14)/t6?,7-/m0/s1. The molecule has 0 radical (unpaired) electrons. The maximum absolute atomic E-state index is 10.5. The van der Waals surface area contributed by atoms with Crippen LogP contribution in [0.15, 0.2) is 0 Å². The topological polar surface area (TPSA) is 113 Å². The van der Waals surface area contributed by atoms with E-state index in [-0.39, 0.29) is 25.3 Å². The number of aliphatic hydroxyl groups is 1. The van der Waals surface area contributed by atoms with Crippen LogP contribution in [-0.2, 0) is 9.59 Å². The van der Waals surface area contributed by atoms with Crippen molar-refractivity contribution in [3.05, 3.63) is 0 Å². The number of aliphatic carboxylic acids is 1. The second-order valence-electron chi connectivity index (χ2n) is 3.11. The molecule has 0 bridgehead atoms. The lowest BCUT2D eigenvalue weighted by atomic mass is 10.1. The van der Waals surface area contributed by atoms with E-state index >= 15 is 0 Å². The molecule has 6 heteroatoms. The van der Waals surface area contributed by atoms with E-state index in [4.69, 9.17) is 10.8 Å². The van der Waals surface area contributed by atoms with Crippen LogP contribution in [0, 0.1) is 0 Å². The average Bonchev–Trinajstić information content (AvgIpc) is 2.10. The zero-order valence-corrected chi connectivity index (χ0v) is 8.06. The summed E-state index contributed by atoms with van der Waals surface area (Å²) in [6.45, 7) is 1.47. The number of amides is 1. The molecular formula is C8H16N2O4. The highest BCUT2D eigenvalue weighted by molar-refractivity contribution is 5.73. The van der Waals surface area contributed by atoms with Gasteiger partial charge in [-0.3, -0.25) is 9.59 Å². The number of carbonyl (C=O) groups excluding carboxylic acids is 1. The minimum atomic E-state index is -1.09. The molecule has 1 unspecified atom stereocenters. The summed E-state index contributed by atoms with van der Waals surface area (Å²) in [4.78, 5) is 20.8. The van der Waals surface area contributed by atoms with Crippen LogP contribution in [0.25, 0.3) is 0 Å². The molecule has 0 aromatic heterocycles. The minimum absolute atomic E-state index is 0.127. The van der Waals surface area contributed by atoms with Crippen LogP contribution in [0.2, 0.25) is 0 Å². The summed E-state index contributed by atoms with van der Waals surface area (Å²) in [5.74, 6) is -1.32. The van der Waals surface area contributed by atoms with Gasteiger partial charge in [-0.25, -0.2) is 0 Å². The molecule has 5 N–H and O–H groups in total. The molecule has 0 spiro atoms. The number of carboxylic acid groups (broad SMARTS) is 1. The lowest BCUT2D eigenvalue weighted by Gasteiger charge is -2.12. The molecule has 0 aromatic carbocycles. The van der Waals surface area contributed by atoms with E-state index in [1.54, 1.807) is 0 Å². The van der Waals surface area contributed by atoms with E-state index < -0.39 is 18.1 Å². The smallest absolute Gasteiger partial charge is 0.320 e. The Bertz CT molecular complexity index is 208. The summed E-state index contributed by atoms with van der Waals surface area (Å²) in [7, 11) is 0. The Kier molecular flexibility index (Phi) is 5.82. The van der Waals surface area contributed by atoms with Gasteiger partial charge in [0.05, 0.1) is 6.10 Å². The maximum atomic E-state index is 10.5. The van der Waals surface area contributed by atoms with Gasteiger partial charge in [0.1, 0.15) is 6.04 Å². The van der Waals surface area contributed by atoms with E-state index in [1.165, 1.54) is 6.92 Å². The number of rotatable bonds is 6. The van der Waals surface area contributed by atoms with Crippen LogP contribution in [0.4, 0.5) is 0 Å². The summed E-state index contributed by atoms with van der Waals surface area (Å²) < 4.78 is 0. The van der Waals surface area contributed by atoms with Crippen molar-refractivity contribution in [3.63, 3.8) is 0 Å². The average molecular weight is 204 g/mol. The van der Waals surface area contributed by atoms with Crippen molar-refractivity contribution >= 4 is 11.9 Å². The second-order valence-corrected chi connectivity index (χ2v) is 3.11. The number of carboxylic acids is 1. The molecule has 0 aliphatic rings. The Labute approximate surface area is 82.1 Å². The SMILES string of the molecule is CC(=O)NCC(O)CC[C@H](N)C(=O)O. The first kappa shape index (κ1) is 12.9. The van der Waals surface area contributed by atoms with Crippen LogP contribution in [-0.4, -0.2) is 40.8 Å². The molecule has 0 saturated carbocycles. The van der Waals surface area contributed by atoms with E-state index in [0.29, 0.717) is 0 Å². The molecule has 14 heavy (non-hydrogen) atoms. The summed E-state index contributed by atoms with van der Waals surface area (Å²) in [6, 6.07) is -0.957. The fourth-order valence-corrected chi connectivity index (χ4v) is 0.859. The molecule has 0 rings (SSSR count). The van der Waals surface area contributed by atoms with Crippen LogP contribution < -0.4 is 11.1 Å².